The van der Waals surface area contributed by atoms with E-state index in [4.69, 9.17) is 10.5 Å². The third-order valence-electron chi connectivity index (χ3n) is 4.31. The minimum Gasteiger partial charge on any atom is -0.427 e. The lowest BCUT2D eigenvalue weighted by Gasteiger charge is -2.17. The molecule has 3 aromatic rings. The molecule has 0 aliphatic heterocycles. The summed E-state index contributed by atoms with van der Waals surface area (Å²) in [5.41, 5.74) is 6.71. The molecule has 28 heavy (non-hydrogen) atoms. The molecular formula is C22H20N2O4. The van der Waals surface area contributed by atoms with Crippen LogP contribution in [0.15, 0.2) is 66.7 Å². The van der Waals surface area contributed by atoms with Gasteiger partial charge in [0.25, 0.3) is 5.91 Å². The van der Waals surface area contributed by atoms with E-state index in [-0.39, 0.29) is 17.7 Å². The number of amides is 2. The number of benzene rings is 3. The number of primary amides is 1. The van der Waals surface area contributed by atoms with Crippen molar-refractivity contribution in [2.24, 2.45) is 5.73 Å². The third kappa shape index (κ3) is 4.54. The number of carbonyl (C=O) groups is 3. The molecule has 0 bridgehead atoms. The number of fused-ring (bicyclic) bond motifs is 1. The highest BCUT2D eigenvalue weighted by molar-refractivity contribution is 5.98. The number of hydrogen-bond donors (Lipinski definition) is 2. The number of hydrogen-bond acceptors (Lipinski definition) is 4. The highest BCUT2D eigenvalue weighted by Gasteiger charge is 2.20. The number of esters is 1. The summed E-state index contributed by atoms with van der Waals surface area (Å²) >= 11 is 0. The van der Waals surface area contributed by atoms with E-state index < -0.39 is 23.8 Å². The number of rotatable bonds is 6. The molecular weight excluding hydrogens is 356 g/mol. The van der Waals surface area contributed by atoms with E-state index in [0.717, 1.165) is 16.3 Å². The van der Waals surface area contributed by atoms with Crippen molar-refractivity contribution in [3.05, 3.63) is 77.9 Å². The van der Waals surface area contributed by atoms with E-state index in [1.807, 2.05) is 42.5 Å². The van der Waals surface area contributed by atoms with E-state index in [0.29, 0.717) is 0 Å². The van der Waals surface area contributed by atoms with E-state index in [1.165, 1.54) is 13.0 Å². The molecule has 0 heterocycles. The first kappa shape index (κ1) is 19.1. The maximum Gasteiger partial charge on any atom is 0.308 e. The largest absolute Gasteiger partial charge is 0.427 e. The maximum absolute atomic E-state index is 12.6. The molecule has 3 rings (SSSR count). The van der Waals surface area contributed by atoms with Crippen LogP contribution in [0.1, 0.15) is 22.8 Å². The fraction of sp³-hybridized carbons (Fsp3) is 0.136. The summed E-state index contributed by atoms with van der Waals surface area (Å²) in [7, 11) is 0. The smallest absolute Gasteiger partial charge is 0.308 e. The van der Waals surface area contributed by atoms with Crippen molar-refractivity contribution in [3.8, 4) is 5.75 Å². The Bertz CT molecular complexity index is 1040. The predicted octanol–water partition coefficient (Wildman–Crippen LogP) is 2.59. The van der Waals surface area contributed by atoms with Crippen LogP contribution in [0.4, 0.5) is 0 Å². The van der Waals surface area contributed by atoms with Gasteiger partial charge >= 0.3 is 5.97 Å². The Balaban J connectivity index is 1.80. The third-order valence-corrected chi connectivity index (χ3v) is 4.31. The van der Waals surface area contributed by atoms with Gasteiger partial charge in [0.05, 0.1) is 0 Å². The molecule has 0 aliphatic carbocycles. The zero-order valence-corrected chi connectivity index (χ0v) is 15.3. The second-order valence-electron chi connectivity index (χ2n) is 6.39. The van der Waals surface area contributed by atoms with Gasteiger partial charge in [-0.05, 0) is 34.5 Å². The molecule has 142 valence electrons. The van der Waals surface area contributed by atoms with E-state index in [9.17, 15) is 14.4 Å². The zero-order valence-electron chi connectivity index (χ0n) is 15.3. The van der Waals surface area contributed by atoms with Crippen LogP contribution in [0.2, 0.25) is 0 Å². The number of nitrogens with two attached hydrogens (primary N) is 1. The average Bonchev–Trinajstić information content (AvgIpc) is 2.67. The van der Waals surface area contributed by atoms with Gasteiger partial charge in [0.1, 0.15) is 11.8 Å². The standard InChI is InChI=1S/C22H20N2O4/c1-14(25)28-18-10-5-9-17(12-18)22(27)24-20(21(23)26)13-16-8-4-7-15-6-2-3-11-19(15)16/h2-12,20H,13H2,1H3,(H2,23,26)(H,24,27)/t20-/m0/s1. The van der Waals surface area contributed by atoms with Crippen LogP contribution in [-0.2, 0) is 16.0 Å². The topological polar surface area (TPSA) is 98.5 Å². The molecule has 6 nitrogen and oxygen atoms in total. The van der Waals surface area contributed by atoms with Crippen molar-refractivity contribution in [2.75, 3.05) is 0 Å². The molecule has 0 aliphatic rings. The summed E-state index contributed by atoms with van der Waals surface area (Å²) in [4.78, 5) is 35.6. The van der Waals surface area contributed by atoms with Crippen molar-refractivity contribution < 1.29 is 19.1 Å². The molecule has 0 unspecified atom stereocenters. The Morgan fingerprint density at radius 3 is 2.46 bits per heavy atom. The van der Waals surface area contributed by atoms with Crippen LogP contribution in [0.5, 0.6) is 5.75 Å². The van der Waals surface area contributed by atoms with Crippen molar-refractivity contribution >= 4 is 28.6 Å². The van der Waals surface area contributed by atoms with Gasteiger partial charge in [0.15, 0.2) is 0 Å². The predicted molar refractivity (Wildman–Crippen MR) is 106 cm³/mol. The molecule has 6 heteroatoms. The fourth-order valence-electron chi connectivity index (χ4n) is 3.02. The Kier molecular flexibility index (Phi) is 5.69. The summed E-state index contributed by atoms with van der Waals surface area (Å²) in [5.74, 6) is -1.33. The van der Waals surface area contributed by atoms with Crippen LogP contribution in [0.3, 0.4) is 0 Å². The van der Waals surface area contributed by atoms with Gasteiger partial charge in [-0.25, -0.2) is 0 Å². The monoisotopic (exact) mass is 376 g/mol. The molecule has 3 N–H and O–H groups in total. The Morgan fingerprint density at radius 1 is 1.00 bits per heavy atom. The lowest BCUT2D eigenvalue weighted by Crippen LogP contribution is -2.45. The fourth-order valence-corrected chi connectivity index (χ4v) is 3.02. The molecule has 0 radical (unpaired) electrons. The summed E-state index contributed by atoms with van der Waals surface area (Å²) in [6.45, 7) is 1.28. The normalized spacial score (nSPS) is 11.6. The summed E-state index contributed by atoms with van der Waals surface area (Å²) in [6.07, 6.45) is 0.270. The first-order chi connectivity index (χ1) is 13.4. The maximum atomic E-state index is 12.6. The Labute approximate surface area is 162 Å². The summed E-state index contributed by atoms with van der Waals surface area (Å²) in [6, 6.07) is 18.9. The minimum absolute atomic E-state index is 0.254. The lowest BCUT2D eigenvalue weighted by molar-refractivity contribution is -0.131. The quantitative estimate of drug-likeness (QED) is 0.510. The number of nitrogens with one attached hydrogen (secondary N) is 1. The molecule has 3 aromatic carbocycles. The Hall–Kier alpha value is -3.67. The summed E-state index contributed by atoms with van der Waals surface area (Å²) in [5, 5.41) is 4.72. The van der Waals surface area contributed by atoms with Crippen LogP contribution < -0.4 is 15.8 Å². The minimum atomic E-state index is -0.879. The zero-order chi connectivity index (χ0) is 20.1. The SMILES string of the molecule is CC(=O)Oc1cccc(C(=O)N[C@@H](Cc2cccc3ccccc23)C(N)=O)c1. The van der Waals surface area contributed by atoms with Gasteiger partial charge < -0.3 is 15.8 Å². The van der Waals surface area contributed by atoms with E-state index in [2.05, 4.69) is 5.32 Å². The highest BCUT2D eigenvalue weighted by atomic mass is 16.5. The average molecular weight is 376 g/mol. The molecule has 0 saturated carbocycles. The molecule has 2 amide bonds. The second kappa shape index (κ2) is 8.35. The van der Waals surface area contributed by atoms with Crippen molar-refractivity contribution in [1.29, 1.82) is 0 Å². The van der Waals surface area contributed by atoms with Crippen LogP contribution in [0.25, 0.3) is 10.8 Å². The van der Waals surface area contributed by atoms with Gasteiger partial charge in [-0.3, -0.25) is 14.4 Å². The molecule has 0 aromatic heterocycles. The number of ether oxygens (including phenoxy) is 1. The Morgan fingerprint density at radius 2 is 1.71 bits per heavy atom. The summed E-state index contributed by atoms with van der Waals surface area (Å²) < 4.78 is 4.99. The van der Waals surface area contributed by atoms with Crippen molar-refractivity contribution in [3.63, 3.8) is 0 Å². The van der Waals surface area contributed by atoms with Crippen LogP contribution in [-0.4, -0.2) is 23.8 Å². The second-order valence-corrected chi connectivity index (χ2v) is 6.39. The van der Waals surface area contributed by atoms with Gasteiger partial charge in [0.2, 0.25) is 5.91 Å². The van der Waals surface area contributed by atoms with Gasteiger partial charge in [0, 0.05) is 18.9 Å². The molecule has 0 spiro atoms. The van der Waals surface area contributed by atoms with Gasteiger partial charge in [-0.1, -0.05) is 48.5 Å². The van der Waals surface area contributed by atoms with Crippen molar-refractivity contribution in [2.45, 2.75) is 19.4 Å². The lowest BCUT2D eigenvalue weighted by atomic mass is 9.98. The first-order valence-corrected chi connectivity index (χ1v) is 8.79. The highest BCUT2D eigenvalue weighted by Crippen LogP contribution is 2.20. The molecule has 1 atom stereocenters. The van der Waals surface area contributed by atoms with Crippen LogP contribution >= 0.6 is 0 Å². The van der Waals surface area contributed by atoms with Crippen molar-refractivity contribution in [1.82, 2.24) is 5.32 Å². The van der Waals surface area contributed by atoms with E-state index >= 15 is 0 Å². The van der Waals surface area contributed by atoms with Crippen LogP contribution in [0, 0.1) is 0 Å². The molecule has 0 saturated heterocycles. The van der Waals surface area contributed by atoms with E-state index in [1.54, 1.807) is 18.2 Å². The number of carbonyl (C=O) groups excluding carboxylic acids is 3. The first-order valence-electron chi connectivity index (χ1n) is 8.79. The van der Waals surface area contributed by atoms with Gasteiger partial charge in [-0.2, -0.15) is 0 Å². The molecule has 0 fully saturated rings. The van der Waals surface area contributed by atoms with Gasteiger partial charge in [-0.15, -0.1) is 0 Å².